The number of aromatic nitrogens is 2. The Balaban J connectivity index is 1.97. The standard InChI is InChI=1S/C24H23N3O3/c1-18-8-10-20(11-9-18)23-22(14-21(15-25)24(28)30-13-12-29-2)17-27(26-23)16-19-6-4-3-5-7-19/h3-11,14,17H,12-13,16H2,1-2H3/b21-14+. The smallest absolute Gasteiger partial charge is 0.348 e. The molecule has 0 aliphatic carbocycles. The fourth-order valence-corrected chi connectivity index (χ4v) is 2.92. The first-order chi connectivity index (χ1) is 14.6. The Morgan fingerprint density at radius 3 is 2.53 bits per heavy atom. The average Bonchev–Trinajstić information content (AvgIpc) is 3.15. The van der Waals surface area contributed by atoms with Gasteiger partial charge in [-0.25, -0.2) is 4.79 Å². The Hall–Kier alpha value is -3.69. The molecule has 0 aliphatic rings. The highest BCUT2D eigenvalue weighted by atomic mass is 16.6. The lowest BCUT2D eigenvalue weighted by Crippen LogP contribution is -2.11. The summed E-state index contributed by atoms with van der Waals surface area (Å²) in [5, 5.41) is 14.2. The van der Waals surface area contributed by atoms with Crippen LogP contribution in [0.1, 0.15) is 16.7 Å². The monoisotopic (exact) mass is 401 g/mol. The molecule has 6 heteroatoms. The van der Waals surface area contributed by atoms with Gasteiger partial charge in [0.2, 0.25) is 0 Å². The molecule has 6 nitrogen and oxygen atoms in total. The van der Waals surface area contributed by atoms with Crippen LogP contribution in [0.25, 0.3) is 17.3 Å². The van der Waals surface area contributed by atoms with Gasteiger partial charge in [0.15, 0.2) is 0 Å². The zero-order valence-corrected chi connectivity index (χ0v) is 17.0. The molecule has 0 unspecified atom stereocenters. The zero-order valence-electron chi connectivity index (χ0n) is 17.0. The van der Waals surface area contributed by atoms with Gasteiger partial charge in [0.1, 0.15) is 18.2 Å². The summed E-state index contributed by atoms with van der Waals surface area (Å²) in [6.07, 6.45) is 3.36. The molecule has 0 radical (unpaired) electrons. The Morgan fingerprint density at radius 1 is 1.13 bits per heavy atom. The van der Waals surface area contributed by atoms with Crippen LogP contribution in [0.2, 0.25) is 0 Å². The van der Waals surface area contributed by atoms with Crippen LogP contribution in [0.15, 0.2) is 66.4 Å². The van der Waals surface area contributed by atoms with E-state index in [1.54, 1.807) is 0 Å². The molecule has 0 saturated carbocycles. The number of carbonyl (C=O) groups excluding carboxylic acids is 1. The molecule has 3 rings (SSSR count). The fourth-order valence-electron chi connectivity index (χ4n) is 2.92. The predicted molar refractivity (Wildman–Crippen MR) is 114 cm³/mol. The van der Waals surface area contributed by atoms with Crippen LogP contribution in [-0.4, -0.2) is 36.1 Å². The number of hydrogen-bond acceptors (Lipinski definition) is 5. The third-order valence-corrected chi connectivity index (χ3v) is 4.46. The van der Waals surface area contributed by atoms with E-state index in [1.807, 2.05) is 78.5 Å². The van der Waals surface area contributed by atoms with Crippen molar-refractivity contribution in [1.29, 1.82) is 5.26 Å². The average molecular weight is 401 g/mol. The van der Waals surface area contributed by atoms with Gasteiger partial charge in [-0.15, -0.1) is 0 Å². The molecule has 152 valence electrons. The highest BCUT2D eigenvalue weighted by Gasteiger charge is 2.15. The van der Waals surface area contributed by atoms with Gasteiger partial charge >= 0.3 is 5.97 Å². The summed E-state index contributed by atoms with van der Waals surface area (Å²) < 4.78 is 11.8. The fraction of sp³-hybridized carbons (Fsp3) is 0.208. The number of methoxy groups -OCH3 is 1. The van der Waals surface area contributed by atoms with Crippen molar-refractivity contribution in [1.82, 2.24) is 9.78 Å². The van der Waals surface area contributed by atoms with E-state index in [0.717, 1.165) is 16.7 Å². The number of carbonyl (C=O) groups is 1. The molecule has 0 saturated heterocycles. The summed E-state index contributed by atoms with van der Waals surface area (Å²) >= 11 is 0. The number of rotatable bonds is 8. The topological polar surface area (TPSA) is 77.1 Å². The van der Waals surface area contributed by atoms with Crippen molar-refractivity contribution in [2.24, 2.45) is 0 Å². The molecule has 0 amide bonds. The Morgan fingerprint density at radius 2 is 1.87 bits per heavy atom. The molecule has 0 aliphatic heterocycles. The highest BCUT2D eigenvalue weighted by molar-refractivity contribution is 5.98. The predicted octanol–water partition coefficient (Wildman–Crippen LogP) is 4.00. The summed E-state index contributed by atoms with van der Waals surface area (Å²) in [5.74, 6) is -0.680. The normalized spacial score (nSPS) is 11.2. The van der Waals surface area contributed by atoms with Crippen molar-refractivity contribution < 1.29 is 14.3 Å². The van der Waals surface area contributed by atoms with E-state index in [-0.39, 0.29) is 18.8 Å². The number of benzene rings is 2. The summed E-state index contributed by atoms with van der Waals surface area (Å²) in [4.78, 5) is 12.2. The number of esters is 1. The van der Waals surface area contributed by atoms with Gasteiger partial charge in [-0.05, 0) is 18.6 Å². The first-order valence-electron chi connectivity index (χ1n) is 9.57. The number of nitriles is 1. The van der Waals surface area contributed by atoms with E-state index in [9.17, 15) is 10.1 Å². The second-order valence-electron chi connectivity index (χ2n) is 6.78. The Bertz CT molecular complexity index is 1060. The second kappa shape index (κ2) is 10.2. The number of hydrogen-bond donors (Lipinski definition) is 0. The summed E-state index contributed by atoms with van der Waals surface area (Å²) in [6, 6.07) is 19.9. The van der Waals surface area contributed by atoms with Gasteiger partial charge in [-0.2, -0.15) is 10.4 Å². The lowest BCUT2D eigenvalue weighted by molar-refractivity contribution is -0.139. The summed E-state index contributed by atoms with van der Waals surface area (Å²) in [5.41, 5.74) is 4.44. The van der Waals surface area contributed by atoms with E-state index in [4.69, 9.17) is 14.6 Å². The van der Waals surface area contributed by atoms with Crippen LogP contribution < -0.4 is 0 Å². The van der Waals surface area contributed by atoms with Crippen molar-refractivity contribution in [2.45, 2.75) is 13.5 Å². The van der Waals surface area contributed by atoms with Crippen LogP contribution in [0, 0.1) is 18.3 Å². The largest absolute Gasteiger partial charge is 0.459 e. The summed E-state index contributed by atoms with van der Waals surface area (Å²) in [6.45, 7) is 2.95. The molecule has 0 fully saturated rings. The van der Waals surface area contributed by atoms with Crippen LogP contribution >= 0.6 is 0 Å². The van der Waals surface area contributed by atoms with E-state index >= 15 is 0 Å². The SMILES string of the molecule is COCCOC(=O)/C(C#N)=C/c1cn(Cc2ccccc2)nc1-c1ccc(C)cc1. The lowest BCUT2D eigenvalue weighted by Gasteiger charge is -2.03. The Kier molecular flexibility index (Phi) is 7.14. The maximum Gasteiger partial charge on any atom is 0.348 e. The minimum atomic E-state index is -0.680. The van der Waals surface area contributed by atoms with Gasteiger partial charge in [-0.1, -0.05) is 60.2 Å². The van der Waals surface area contributed by atoms with E-state index in [1.165, 1.54) is 13.2 Å². The molecular weight excluding hydrogens is 378 g/mol. The van der Waals surface area contributed by atoms with Crippen molar-refractivity contribution in [3.63, 3.8) is 0 Å². The third-order valence-electron chi connectivity index (χ3n) is 4.46. The van der Waals surface area contributed by atoms with E-state index < -0.39 is 5.97 Å². The number of aryl methyl sites for hydroxylation is 1. The number of ether oxygens (including phenoxy) is 2. The molecule has 3 aromatic rings. The molecular formula is C24H23N3O3. The Labute approximate surface area is 176 Å². The molecule has 30 heavy (non-hydrogen) atoms. The van der Waals surface area contributed by atoms with Gasteiger partial charge in [0.25, 0.3) is 0 Å². The van der Waals surface area contributed by atoms with Crippen LogP contribution in [0.3, 0.4) is 0 Å². The molecule has 2 aromatic carbocycles. The van der Waals surface area contributed by atoms with E-state index in [2.05, 4.69) is 0 Å². The lowest BCUT2D eigenvalue weighted by atomic mass is 10.0. The first kappa shape index (κ1) is 21.0. The zero-order chi connectivity index (χ0) is 21.3. The summed E-state index contributed by atoms with van der Waals surface area (Å²) in [7, 11) is 1.52. The van der Waals surface area contributed by atoms with Crippen molar-refractivity contribution in [2.75, 3.05) is 20.3 Å². The number of nitrogens with zero attached hydrogens (tertiary/aromatic N) is 3. The van der Waals surface area contributed by atoms with Gasteiger partial charge in [-0.3, -0.25) is 4.68 Å². The third kappa shape index (κ3) is 5.43. The van der Waals surface area contributed by atoms with Crippen LogP contribution in [0.4, 0.5) is 0 Å². The van der Waals surface area contributed by atoms with Gasteiger partial charge in [0, 0.05) is 24.4 Å². The van der Waals surface area contributed by atoms with E-state index in [0.29, 0.717) is 17.8 Å². The minimum Gasteiger partial charge on any atom is -0.459 e. The van der Waals surface area contributed by atoms with Crippen molar-refractivity contribution >= 4 is 12.0 Å². The maximum atomic E-state index is 12.2. The highest BCUT2D eigenvalue weighted by Crippen LogP contribution is 2.25. The first-order valence-corrected chi connectivity index (χ1v) is 9.57. The molecule has 1 heterocycles. The molecule has 0 atom stereocenters. The minimum absolute atomic E-state index is 0.0845. The van der Waals surface area contributed by atoms with Gasteiger partial charge in [0.05, 0.1) is 18.8 Å². The quantitative estimate of drug-likeness (QED) is 0.247. The molecule has 0 bridgehead atoms. The maximum absolute atomic E-state index is 12.2. The van der Waals surface area contributed by atoms with Gasteiger partial charge < -0.3 is 9.47 Å². The van der Waals surface area contributed by atoms with Crippen LogP contribution in [0.5, 0.6) is 0 Å². The molecule has 0 spiro atoms. The molecule has 0 N–H and O–H groups in total. The second-order valence-corrected chi connectivity index (χ2v) is 6.78. The van der Waals surface area contributed by atoms with Crippen molar-refractivity contribution in [3.05, 3.63) is 83.1 Å². The van der Waals surface area contributed by atoms with Crippen molar-refractivity contribution in [3.8, 4) is 17.3 Å². The van der Waals surface area contributed by atoms with Crippen LogP contribution in [-0.2, 0) is 20.8 Å². The molecule has 1 aromatic heterocycles.